The van der Waals surface area contributed by atoms with Crippen LogP contribution in [0.5, 0.6) is 5.75 Å². The third kappa shape index (κ3) is 6.07. The summed E-state index contributed by atoms with van der Waals surface area (Å²) in [6.07, 6.45) is 2.79. The highest BCUT2D eigenvalue weighted by atomic mass is 19.3. The monoisotopic (exact) mass is 343 g/mol. The molecule has 0 aliphatic rings. The summed E-state index contributed by atoms with van der Waals surface area (Å²) in [6, 6.07) is 6.76. The fourth-order valence-electron chi connectivity index (χ4n) is 2.57. The smallest absolute Gasteiger partial charge is 0.387 e. The number of ether oxygens (including phenoxy) is 1. The lowest BCUT2D eigenvalue weighted by Crippen LogP contribution is -2.43. The van der Waals surface area contributed by atoms with Crippen molar-refractivity contribution in [1.82, 2.24) is 5.32 Å². The fraction of sp³-hybridized carbons (Fsp3) is 0.611. The maximum Gasteiger partial charge on any atom is 0.387 e. The van der Waals surface area contributed by atoms with Gasteiger partial charge in [0, 0.05) is 12.6 Å². The maximum atomic E-state index is 12.1. The lowest BCUT2D eigenvalue weighted by Gasteiger charge is -2.29. The molecule has 6 heteroatoms. The van der Waals surface area contributed by atoms with Gasteiger partial charge in [-0.05, 0) is 50.3 Å². The molecule has 0 aliphatic carbocycles. The third-order valence-electron chi connectivity index (χ3n) is 4.61. The van der Waals surface area contributed by atoms with Crippen molar-refractivity contribution in [1.29, 1.82) is 0 Å². The normalized spacial score (nSPS) is 13.1. The average Bonchev–Trinajstić information content (AvgIpc) is 2.55. The number of carboxylic acids is 1. The first-order valence-corrected chi connectivity index (χ1v) is 8.33. The second kappa shape index (κ2) is 9.57. The summed E-state index contributed by atoms with van der Waals surface area (Å²) in [6.45, 7) is 3.44. The molecule has 0 heterocycles. The molecule has 1 aromatic rings. The standard InChI is InChI=1S/C18H27F2NO3/c1-4-18(5-2,16(22)23)12-21-13(3)6-7-14-8-10-15(11-9-14)24-17(19)20/h8-11,13,17,21H,4-7,12H2,1-3H3,(H,22,23). The topological polar surface area (TPSA) is 58.6 Å². The van der Waals surface area contributed by atoms with Crippen LogP contribution in [0.15, 0.2) is 24.3 Å². The van der Waals surface area contributed by atoms with Gasteiger partial charge in [0.2, 0.25) is 0 Å². The summed E-state index contributed by atoms with van der Waals surface area (Å²) >= 11 is 0. The molecule has 1 rings (SSSR count). The van der Waals surface area contributed by atoms with Crippen LogP contribution in [-0.2, 0) is 11.2 Å². The Labute approximate surface area is 142 Å². The summed E-state index contributed by atoms with van der Waals surface area (Å²) in [5, 5.41) is 12.7. The number of hydrogen-bond donors (Lipinski definition) is 2. The van der Waals surface area contributed by atoms with Crippen molar-refractivity contribution >= 4 is 5.97 Å². The van der Waals surface area contributed by atoms with Crippen LogP contribution in [0.4, 0.5) is 8.78 Å². The minimum absolute atomic E-state index is 0.150. The van der Waals surface area contributed by atoms with Crippen LogP contribution in [0.25, 0.3) is 0 Å². The molecule has 0 fully saturated rings. The lowest BCUT2D eigenvalue weighted by molar-refractivity contribution is -0.149. The first-order valence-electron chi connectivity index (χ1n) is 8.33. The van der Waals surface area contributed by atoms with E-state index < -0.39 is 18.0 Å². The molecule has 0 bridgehead atoms. The van der Waals surface area contributed by atoms with E-state index in [2.05, 4.69) is 10.1 Å². The zero-order valence-electron chi connectivity index (χ0n) is 14.5. The van der Waals surface area contributed by atoms with Gasteiger partial charge in [-0.15, -0.1) is 0 Å². The summed E-state index contributed by atoms with van der Waals surface area (Å²) < 4.78 is 28.5. The Hall–Kier alpha value is -1.69. The van der Waals surface area contributed by atoms with Gasteiger partial charge in [-0.2, -0.15) is 8.78 Å². The average molecular weight is 343 g/mol. The predicted octanol–water partition coefficient (Wildman–Crippen LogP) is 4.09. The number of nitrogens with one attached hydrogen (secondary N) is 1. The SMILES string of the molecule is CCC(CC)(CNC(C)CCc1ccc(OC(F)F)cc1)C(=O)O. The van der Waals surface area contributed by atoms with Gasteiger partial charge in [-0.25, -0.2) is 0 Å². The van der Waals surface area contributed by atoms with Gasteiger partial charge in [0.15, 0.2) is 0 Å². The predicted molar refractivity (Wildman–Crippen MR) is 89.5 cm³/mol. The van der Waals surface area contributed by atoms with E-state index in [1.165, 1.54) is 12.1 Å². The molecular formula is C18H27F2NO3. The molecule has 0 amide bonds. The van der Waals surface area contributed by atoms with Gasteiger partial charge >= 0.3 is 12.6 Å². The number of halogens is 2. The Morgan fingerprint density at radius 1 is 1.25 bits per heavy atom. The highest BCUT2D eigenvalue weighted by molar-refractivity contribution is 5.74. The van der Waals surface area contributed by atoms with E-state index in [0.29, 0.717) is 19.4 Å². The van der Waals surface area contributed by atoms with Crippen molar-refractivity contribution in [2.45, 2.75) is 59.1 Å². The number of aryl methyl sites for hydroxylation is 1. The Bertz CT molecular complexity index is 501. The van der Waals surface area contributed by atoms with Crippen LogP contribution in [0.1, 0.15) is 45.6 Å². The van der Waals surface area contributed by atoms with Gasteiger partial charge in [0.1, 0.15) is 5.75 Å². The number of rotatable bonds is 11. The Morgan fingerprint density at radius 3 is 2.29 bits per heavy atom. The molecule has 1 aromatic carbocycles. The van der Waals surface area contributed by atoms with Crippen LogP contribution in [0, 0.1) is 5.41 Å². The van der Waals surface area contributed by atoms with E-state index >= 15 is 0 Å². The lowest BCUT2D eigenvalue weighted by atomic mass is 9.82. The fourth-order valence-corrected chi connectivity index (χ4v) is 2.57. The van der Waals surface area contributed by atoms with E-state index in [4.69, 9.17) is 0 Å². The van der Waals surface area contributed by atoms with Crippen molar-refractivity contribution in [3.05, 3.63) is 29.8 Å². The second-order valence-electron chi connectivity index (χ2n) is 6.14. The molecule has 136 valence electrons. The largest absolute Gasteiger partial charge is 0.481 e. The molecule has 0 spiro atoms. The number of benzene rings is 1. The molecule has 0 saturated carbocycles. The minimum Gasteiger partial charge on any atom is -0.481 e. The van der Waals surface area contributed by atoms with E-state index in [9.17, 15) is 18.7 Å². The quantitative estimate of drug-likeness (QED) is 0.635. The Morgan fingerprint density at radius 2 is 1.83 bits per heavy atom. The van der Waals surface area contributed by atoms with Crippen LogP contribution >= 0.6 is 0 Å². The molecule has 1 atom stereocenters. The molecule has 2 N–H and O–H groups in total. The van der Waals surface area contributed by atoms with Crippen LogP contribution in [0.2, 0.25) is 0 Å². The number of aliphatic carboxylic acids is 1. The highest BCUT2D eigenvalue weighted by Crippen LogP contribution is 2.26. The van der Waals surface area contributed by atoms with E-state index in [0.717, 1.165) is 18.4 Å². The molecule has 0 saturated heterocycles. The van der Waals surface area contributed by atoms with E-state index in [1.807, 2.05) is 20.8 Å². The molecule has 24 heavy (non-hydrogen) atoms. The third-order valence-corrected chi connectivity index (χ3v) is 4.61. The van der Waals surface area contributed by atoms with Gasteiger partial charge in [0.05, 0.1) is 5.41 Å². The number of hydrogen-bond acceptors (Lipinski definition) is 3. The summed E-state index contributed by atoms with van der Waals surface area (Å²) in [7, 11) is 0. The molecule has 1 unspecified atom stereocenters. The van der Waals surface area contributed by atoms with Gasteiger partial charge in [-0.1, -0.05) is 26.0 Å². The van der Waals surface area contributed by atoms with Crippen molar-refractivity contribution < 1.29 is 23.4 Å². The van der Waals surface area contributed by atoms with Crippen molar-refractivity contribution in [3.63, 3.8) is 0 Å². The number of carboxylic acid groups (broad SMARTS) is 1. The van der Waals surface area contributed by atoms with E-state index in [-0.39, 0.29) is 11.8 Å². The first kappa shape index (κ1) is 20.4. The number of alkyl halides is 2. The molecule has 4 nitrogen and oxygen atoms in total. The summed E-state index contributed by atoms with van der Waals surface area (Å²) in [4.78, 5) is 11.5. The minimum atomic E-state index is -2.81. The molecule has 0 aromatic heterocycles. The first-order chi connectivity index (χ1) is 11.3. The molecular weight excluding hydrogens is 316 g/mol. The van der Waals surface area contributed by atoms with Gasteiger partial charge in [0.25, 0.3) is 0 Å². The molecule has 0 aliphatic heterocycles. The molecule has 0 radical (unpaired) electrons. The summed E-state index contributed by atoms with van der Waals surface area (Å²) in [5.74, 6) is -0.612. The Balaban J connectivity index is 2.45. The van der Waals surface area contributed by atoms with E-state index in [1.54, 1.807) is 12.1 Å². The van der Waals surface area contributed by atoms with Crippen LogP contribution in [-0.4, -0.2) is 30.3 Å². The number of carbonyl (C=O) groups is 1. The maximum absolute atomic E-state index is 12.1. The van der Waals surface area contributed by atoms with Crippen molar-refractivity contribution in [3.8, 4) is 5.75 Å². The zero-order chi connectivity index (χ0) is 18.2. The van der Waals surface area contributed by atoms with Gasteiger partial charge in [-0.3, -0.25) is 4.79 Å². The van der Waals surface area contributed by atoms with Crippen molar-refractivity contribution in [2.24, 2.45) is 5.41 Å². The summed E-state index contributed by atoms with van der Waals surface area (Å²) in [5.41, 5.74) is 0.309. The highest BCUT2D eigenvalue weighted by Gasteiger charge is 2.34. The zero-order valence-corrected chi connectivity index (χ0v) is 14.5. The van der Waals surface area contributed by atoms with Crippen molar-refractivity contribution in [2.75, 3.05) is 6.54 Å². The van der Waals surface area contributed by atoms with Crippen LogP contribution in [0.3, 0.4) is 0 Å². The van der Waals surface area contributed by atoms with Gasteiger partial charge < -0.3 is 15.2 Å². The van der Waals surface area contributed by atoms with Crippen LogP contribution < -0.4 is 10.1 Å². The second-order valence-corrected chi connectivity index (χ2v) is 6.14. The Kier molecular flexibility index (Phi) is 8.11.